The van der Waals surface area contributed by atoms with E-state index in [1.807, 2.05) is 12.1 Å². The molecule has 0 atom stereocenters. The molecule has 2 aromatic carbocycles. The first-order chi connectivity index (χ1) is 11.5. The number of halogens is 3. The number of ether oxygens (including phenoxy) is 2. The zero-order chi connectivity index (χ0) is 17.5. The molecule has 0 spiro atoms. The molecule has 0 aliphatic heterocycles. The van der Waals surface area contributed by atoms with Crippen LogP contribution in [-0.4, -0.2) is 25.8 Å². The Hall–Kier alpha value is -1.76. The Balaban J connectivity index is 1.89. The molecule has 0 heterocycles. The lowest BCUT2D eigenvalue weighted by Crippen LogP contribution is -2.24. The zero-order valence-corrected chi connectivity index (χ0v) is 15.7. The molecular formula is C16H13BrCl2N2O3. The van der Waals surface area contributed by atoms with Gasteiger partial charge in [0.25, 0.3) is 5.91 Å². The van der Waals surface area contributed by atoms with Crippen LogP contribution in [0.4, 0.5) is 0 Å². The largest absolute Gasteiger partial charge is 0.497 e. The van der Waals surface area contributed by atoms with Gasteiger partial charge in [-0.05, 0) is 36.4 Å². The summed E-state index contributed by atoms with van der Waals surface area (Å²) in [6, 6.07) is 10.2. The summed E-state index contributed by atoms with van der Waals surface area (Å²) in [6.07, 6.45) is 1.50. The average Bonchev–Trinajstić information content (AvgIpc) is 2.55. The van der Waals surface area contributed by atoms with Crippen molar-refractivity contribution in [1.29, 1.82) is 0 Å². The van der Waals surface area contributed by atoms with Gasteiger partial charge in [-0.1, -0.05) is 39.1 Å². The number of carbonyl (C=O) groups excluding carboxylic acids is 1. The Kier molecular flexibility index (Phi) is 6.90. The van der Waals surface area contributed by atoms with E-state index in [4.69, 9.17) is 32.7 Å². The fourth-order valence-electron chi connectivity index (χ4n) is 1.69. The van der Waals surface area contributed by atoms with Crippen LogP contribution >= 0.6 is 39.1 Å². The lowest BCUT2D eigenvalue weighted by Gasteiger charge is -2.07. The van der Waals surface area contributed by atoms with Crippen molar-refractivity contribution in [2.75, 3.05) is 13.7 Å². The van der Waals surface area contributed by atoms with E-state index >= 15 is 0 Å². The summed E-state index contributed by atoms with van der Waals surface area (Å²) in [6.45, 7) is -0.224. The molecule has 24 heavy (non-hydrogen) atoms. The highest BCUT2D eigenvalue weighted by Crippen LogP contribution is 2.27. The second-order valence-corrected chi connectivity index (χ2v) is 6.24. The van der Waals surface area contributed by atoms with Crippen molar-refractivity contribution in [3.63, 3.8) is 0 Å². The van der Waals surface area contributed by atoms with E-state index in [0.29, 0.717) is 21.5 Å². The number of benzene rings is 2. The first-order valence-electron chi connectivity index (χ1n) is 6.73. The van der Waals surface area contributed by atoms with Crippen molar-refractivity contribution < 1.29 is 14.3 Å². The third kappa shape index (κ3) is 5.40. The first kappa shape index (κ1) is 18.6. The summed E-state index contributed by atoms with van der Waals surface area (Å²) in [5, 5.41) is 4.71. The standard InChI is InChI=1S/C16H13BrCl2N2O3/c1-23-12-3-4-13(17)10(6-12)8-20-21-16(22)9-24-15-5-2-11(18)7-14(15)19/h2-8H,9H2,1H3,(H,21,22)/b20-8-. The van der Waals surface area contributed by atoms with E-state index in [9.17, 15) is 4.79 Å². The minimum Gasteiger partial charge on any atom is -0.497 e. The molecule has 5 nitrogen and oxygen atoms in total. The van der Waals surface area contributed by atoms with Gasteiger partial charge in [-0.3, -0.25) is 4.79 Å². The molecule has 1 amide bonds. The molecule has 0 unspecified atom stereocenters. The van der Waals surface area contributed by atoms with E-state index in [1.165, 1.54) is 12.3 Å². The number of nitrogens with zero attached hydrogens (tertiary/aromatic N) is 1. The Morgan fingerprint density at radius 3 is 2.79 bits per heavy atom. The lowest BCUT2D eigenvalue weighted by atomic mass is 10.2. The average molecular weight is 432 g/mol. The highest BCUT2D eigenvalue weighted by molar-refractivity contribution is 9.10. The van der Waals surface area contributed by atoms with Crippen molar-refractivity contribution in [2.45, 2.75) is 0 Å². The fraction of sp³-hybridized carbons (Fsp3) is 0.125. The molecule has 0 radical (unpaired) electrons. The van der Waals surface area contributed by atoms with E-state index in [1.54, 1.807) is 25.3 Å². The smallest absolute Gasteiger partial charge is 0.277 e. The third-order valence-electron chi connectivity index (χ3n) is 2.85. The summed E-state index contributed by atoms with van der Waals surface area (Å²) in [5.41, 5.74) is 3.13. The van der Waals surface area contributed by atoms with Gasteiger partial charge in [0.15, 0.2) is 6.61 Å². The van der Waals surface area contributed by atoms with Crippen LogP contribution < -0.4 is 14.9 Å². The topological polar surface area (TPSA) is 59.9 Å². The van der Waals surface area contributed by atoms with Crippen molar-refractivity contribution in [1.82, 2.24) is 5.43 Å². The van der Waals surface area contributed by atoms with Crippen LogP contribution in [0.2, 0.25) is 10.0 Å². The molecule has 2 rings (SSSR count). The monoisotopic (exact) mass is 430 g/mol. The Morgan fingerprint density at radius 2 is 2.08 bits per heavy atom. The number of methoxy groups -OCH3 is 1. The summed E-state index contributed by atoms with van der Waals surface area (Å²) < 4.78 is 11.3. The molecule has 0 aliphatic rings. The second-order valence-electron chi connectivity index (χ2n) is 4.54. The summed E-state index contributed by atoms with van der Waals surface area (Å²) in [7, 11) is 1.57. The van der Waals surface area contributed by atoms with Crippen LogP contribution in [0.25, 0.3) is 0 Å². The van der Waals surface area contributed by atoms with Gasteiger partial charge in [0.2, 0.25) is 0 Å². The van der Waals surface area contributed by atoms with Gasteiger partial charge in [0, 0.05) is 15.1 Å². The predicted molar refractivity (Wildman–Crippen MR) is 98.4 cm³/mol. The molecule has 0 fully saturated rings. The number of carbonyl (C=O) groups is 1. The Morgan fingerprint density at radius 1 is 1.29 bits per heavy atom. The van der Waals surface area contributed by atoms with Gasteiger partial charge < -0.3 is 9.47 Å². The SMILES string of the molecule is COc1ccc(Br)c(/C=N\NC(=O)COc2ccc(Cl)cc2Cl)c1. The number of rotatable bonds is 6. The van der Waals surface area contributed by atoms with Crippen LogP contribution in [-0.2, 0) is 4.79 Å². The maximum atomic E-state index is 11.7. The molecule has 8 heteroatoms. The predicted octanol–water partition coefficient (Wildman–Crippen LogP) is 4.29. The zero-order valence-electron chi connectivity index (χ0n) is 12.6. The molecule has 0 aliphatic carbocycles. The number of amides is 1. The number of hydrogen-bond donors (Lipinski definition) is 1. The first-order valence-corrected chi connectivity index (χ1v) is 8.28. The van der Waals surface area contributed by atoms with Gasteiger partial charge in [-0.2, -0.15) is 5.10 Å². The number of hydrazone groups is 1. The van der Waals surface area contributed by atoms with Gasteiger partial charge in [-0.25, -0.2) is 5.43 Å². The normalized spacial score (nSPS) is 10.7. The minimum atomic E-state index is -0.420. The van der Waals surface area contributed by atoms with Crippen LogP contribution in [0.3, 0.4) is 0 Å². The van der Waals surface area contributed by atoms with Gasteiger partial charge in [0.1, 0.15) is 11.5 Å². The second kappa shape index (κ2) is 8.92. The van der Waals surface area contributed by atoms with Gasteiger partial charge in [-0.15, -0.1) is 0 Å². The summed E-state index contributed by atoms with van der Waals surface area (Å²) in [5.74, 6) is 0.638. The van der Waals surface area contributed by atoms with Crippen molar-refractivity contribution in [3.05, 3.63) is 56.5 Å². The molecule has 1 N–H and O–H groups in total. The quantitative estimate of drug-likeness (QED) is 0.548. The van der Waals surface area contributed by atoms with Crippen LogP contribution in [0, 0.1) is 0 Å². The molecule has 2 aromatic rings. The van der Waals surface area contributed by atoms with E-state index < -0.39 is 5.91 Å². The number of nitrogens with one attached hydrogen (secondary N) is 1. The van der Waals surface area contributed by atoms with Gasteiger partial charge in [0.05, 0.1) is 18.3 Å². The highest BCUT2D eigenvalue weighted by atomic mass is 79.9. The van der Waals surface area contributed by atoms with Crippen molar-refractivity contribution in [3.8, 4) is 11.5 Å². The third-order valence-corrected chi connectivity index (χ3v) is 4.10. The van der Waals surface area contributed by atoms with E-state index in [2.05, 4.69) is 26.5 Å². The van der Waals surface area contributed by atoms with E-state index in [-0.39, 0.29) is 6.61 Å². The van der Waals surface area contributed by atoms with Crippen molar-refractivity contribution in [2.24, 2.45) is 5.10 Å². The Labute approximate surface area is 157 Å². The van der Waals surface area contributed by atoms with Crippen LogP contribution in [0.1, 0.15) is 5.56 Å². The molecule has 0 bridgehead atoms. The number of hydrogen-bond acceptors (Lipinski definition) is 4. The maximum Gasteiger partial charge on any atom is 0.277 e. The van der Waals surface area contributed by atoms with Gasteiger partial charge >= 0.3 is 0 Å². The molecule has 0 aromatic heterocycles. The molecule has 126 valence electrons. The lowest BCUT2D eigenvalue weighted by molar-refractivity contribution is -0.123. The summed E-state index contributed by atoms with van der Waals surface area (Å²) in [4.78, 5) is 11.7. The minimum absolute atomic E-state index is 0.224. The Bertz CT molecular complexity index is 769. The maximum absolute atomic E-state index is 11.7. The molecular weight excluding hydrogens is 419 g/mol. The summed E-state index contributed by atoms with van der Waals surface area (Å²) >= 11 is 15.1. The van der Waals surface area contributed by atoms with Crippen molar-refractivity contribution >= 4 is 51.3 Å². The van der Waals surface area contributed by atoms with Crippen LogP contribution in [0.5, 0.6) is 11.5 Å². The highest BCUT2D eigenvalue weighted by Gasteiger charge is 2.06. The van der Waals surface area contributed by atoms with E-state index in [0.717, 1.165) is 10.0 Å². The van der Waals surface area contributed by atoms with Crippen LogP contribution in [0.15, 0.2) is 46.0 Å². The molecule has 0 saturated carbocycles. The molecule has 0 saturated heterocycles. The fourth-order valence-corrected chi connectivity index (χ4v) is 2.50.